The number of aliphatic imine (C=N–C) groups is 2. The Bertz CT molecular complexity index is 1850. The summed E-state index contributed by atoms with van der Waals surface area (Å²) in [6.07, 6.45) is 7.11. The molecule has 2 aromatic rings. The van der Waals surface area contributed by atoms with E-state index in [2.05, 4.69) is 9.97 Å². The smallest absolute Gasteiger partial charge is 0.305 e. The number of esters is 4. The van der Waals surface area contributed by atoms with Gasteiger partial charge in [0.15, 0.2) is 0 Å². The number of carbonyl (C=O) groups is 4. The van der Waals surface area contributed by atoms with E-state index in [0.717, 1.165) is 90.1 Å². The van der Waals surface area contributed by atoms with Gasteiger partial charge < -0.3 is 28.9 Å². The largest absolute Gasteiger partial charge is 0.469 e. The molecule has 2 aromatic heterocycles. The molecule has 0 saturated heterocycles. The van der Waals surface area contributed by atoms with Crippen LogP contribution in [0.15, 0.2) is 43.7 Å². The molecule has 55 heavy (non-hydrogen) atoms. The predicted octanol–water partition coefficient (Wildman–Crippen LogP) is 8.16. The van der Waals surface area contributed by atoms with Crippen LogP contribution in [0.1, 0.15) is 104 Å². The maximum atomic E-state index is 12.3. The average molecular weight is 891 g/mol. The van der Waals surface area contributed by atoms with E-state index in [-0.39, 0.29) is 83.5 Å². The molecule has 4 rings (SSSR count). The number of aryl methyl sites for hydroxylation is 2. The highest BCUT2D eigenvalue weighted by molar-refractivity contribution is 8.93. The quantitative estimate of drug-likeness (QED) is 0.126. The van der Waals surface area contributed by atoms with Crippen LogP contribution in [0, 0.1) is 27.7 Å². The molecule has 0 radical (unpaired) electrons. The first-order valence-electron chi connectivity index (χ1n) is 17.9. The van der Waals surface area contributed by atoms with Gasteiger partial charge in [-0.15, -0.1) is 34.0 Å². The van der Waals surface area contributed by atoms with Crippen molar-refractivity contribution in [2.45, 2.75) is 99.3 Å². The van der Waals surface area contributed by atoms with Gasteiger partial charge in [-0.2, -0.15) is 0 Å². The molecule has 0 spiro atoms. The third-order valence-electron chi connectivity index (χ3n) is 10.3. The van der Waals surface area contributed by atoms with Gasteiger partial charge in [-0.25, -0.2) is 0 Å². The van der Waals surface area contributed by atoms with Crippen LogP contribution in [0.4, 0.5) is 0 Å². The van der Waals surface area contributed by atoms with Crippen molar-refractivity contribution in [2.75, 3.05) is 28.4 Å². The van der Waals surface area contributed by atoms with E-state index in [1.807, 2.05) is 53.7 Å². The zero-order valence-electron chi connectivity index (χ0n) is 33.5. The van der Waals surface area contributed by atoms with Gasteiger partial charge in [0.2, 0.25) is 0 Å². The first kappa shape index (κ1) is 46.9. The molecule has 2 aliphatic heterocycles. The van der Waals surface area contributed by atoms with Crippen molar-refractivity contribution >= 4 is 81.4 Å². The Kier molecular flexibility index (Phi) is 18.0. The molecule has 0 aliphatic carbocycles. The summed E-state index contributed by atoms with van der Waals surface area (Å²) in [7, 11) is 5.52. The minimum atomic E-state index is -0.319. The molecular weight excluding hydrogens is 836 g/mol. The summed E-state index contributed by atoms with van der Waals surface area (Å²) in [5.74, 6) is -1.19. The lowest BCUT2D eigenvalue weighted by atomic mass is 9.92. The Labute approximate surface area is 344 Å². The number of aromatic amines is 2. The highest BCUT2D eigenvalue weighted by Gasteiger charge is 2.29. The second-order valence-corrected chi connectivity index (χ2v) is 13.4. The lowest BCUT2D eigenvalue weighted by Crippen LogP contribution is -2.13. The van der Waals surface area contributed by atoms with Crippen LogP contribution in [0.25, 0.3) is 12.2 Å². The molecule has 2 aliphatic rings. The van der Waals surface area contributed by atoms with Crippen molar-refractivity contribution in [2.24, 2.45) is 9.98 Å². The highest BCUT2D eigenvalue weighted by Crippen LogP contribution is 2.37. The molecule has 0 bridgehead atoms. The van der Waals surface area contributed by atoms with Gasteiger partial charge in [0, 0.05) is 54.9 Å². The topological polar surface area (TPSA) is 161 Å². The normalized spacial score (nSPS) is 15.2. The van der Waals surface area contributed by atoms with Gasteiger partial charge in [0.05, 0.1) is 51.3 Å². The number of nitrogens with one attached hydrogen (secondary N) is 2. The number of carbonyl (C=O) groups excluding carboxylic acids is 4. The van der Waals surface area contributed by atoms with E-state index in [9.17, 15) is 19.2 Å². The van der Waals surface area contributed by atoms with E-state index in [0.29, 0.717) is 32.1 Å². The summed E-state index contributed by atoms with van der Waals surface area (Å²) < 4.78 is 19.7. The second-order valence-electron chi connectivity index (χ2n) is 13.4. The van der Waals surface area contributed by atoms with Crippen molar-refractivity contribution in [3.63, 3.8) is 0 Å². The zero-order chi connectivity index (χ0) is 39.0. The van der Waals surface area contributed by atoms with Gasteiger partial charge in [0.25, 0.3) is 0 Å². The molecule has 0 unspecified atom stereocenters. The van der Waals surface area contributed by atoms with Crippen molar-refractivity contribution in [1.29, 1.82) is 0 Å². The average Bonchev–Trinajstić information content (AvgIpc) is 3.79. The van der Waals surface area contributed by atoms with Gasteiger partial charge in [0.1, 0.15) is 0 Å². The fraction of sp³-hybridized carbons (Fsp3) is 0.463. The number of hydrogen-bond donors (Lipinski definition) is 2. The summed E-state index contributed by atoms with van der Waals surface area (Å²) >= 11 is 0. The molecule has 0 saturated carbocycles. The lowest BCUT2D eigenvalue weighted by Gasteiger charge is -2.11. The predicted molar refractivity (Wildman–Crippen MR) is 225 cm³/mol. The maximum absolute atomic E-state index is 12.3. The molecule has 0 atom stereocenters. The third-order valence-corrected chi connectivity index (χ3v) is 10.3. The fourth-order valence-corrected chi connectivity index (χ4v) is 6.81. The third kappa shape index (κ3) is 11.4. The van der Waals surface area contributed by atoms with Gasteiger partial charge in [-0.1, -0.05) is 0 Å². The van der Waals surface area contributed by atoms with Crippen molar-refractivity contribution in [3.05, 3.63) is 78.7 Å². The van der Waals surface area contributed by atoms with Crippen LogP contribution in [-0.4, -0.2) is 73.7 Å². The molecule has 0 fully saturated rings. The van der Waals surface area contributed by atoms with E-state index >= 15 is 0 Å². The zero-order valence-corrected chi connectivity index (χ0v) is 36.9. The Morgan fingerprint density at radius 2 is 0.836 bits per heavy atom. The van der Waals surface area contributed by atoms with Crippen molar-refractivity contribution in [1.82, 2.24) is 9.97 Å². The van der Waals surface area contributed by atoms with Gasteiger partial charge >= 0.3 is 23.9 Å². The minimum absolute atomic E-state index is 0. The van der Waals surface area contributed by atoms with Crippen molar-refractivity contribution < 1.29 is 38.1 Å². The van der Waals surface area contributed by atoms with Crippen molar-refractivity contribution in [3.8, 4) is 0 Å². The monoisotopic (exact) mass is 888 g/mol. The SMILES string of the molecule is Br.Br.COC(=O)CCC1=C(C)/C(=C/c2[nH]c(C)c(C)c2CCC(=O)OC)N=C1CC1=N/C(=C/c2[nH]c(C)c(C)c2CCC(=O)OC)C(C)=C1CCC(=O)OC. The van der Waals surface area contributed by atoms with Crippen LogP contribution >= 0.6 is 34.0 Å². The number of ether oxygens (including phenoxy) is 4. The standard InChI is InChI=1S/C41H52N4O8.2BrH/c1-22-26(5)42-34(28(22)11-15-38(46)50-7)19-32-24(3)30(13-17-40(48)52-9)36(44-32)21-37-31(14-18-41(49)53-10)25(4)33(45-37)20-35-29(12-16-39(47)51-8)23(2)27(6)43-35;;/h19-20,42-43H,11-18,21H2,1-10H3;2*1H/b32-19-,33-20+;;. The fourth-order valence-electron chi connectivity index (χ4n) is 6.81. The molecule has 12 nitrogen and oxygen atoms in total. The van der Waals surface area contributed by atoms with Crippen LogP contribution < -0.4 is 0 Å². The number of rotatable bonds is 16. The van der Waals surface area contributed by atoms with Gasteiger partial charge in [-0.05, 0) is 124 Å². The Morgan fingerprint density at radius 3 is 1.15 bits per heavy atom. The summed E-state index contributed by atoms with van der Waals surface area (Å²) in [5, 5.41) is 0. The van der Waals surface area contributed by atoms with Crippen LogP contribution in [0.2, 0.25) is 0 Å². The highest BCUT2D eigenvalue weighted by atomic mass is 79.9. The van der Waals surface area contributed by atoms with Crippen LogP contribution in [0.3, 0.4) is 0 Å². The molecule has 14 heteroatoms. The molecule has 0 amide bonds. The van der Waals surface area contributed by atoms with Gasteiger partial charge in [-0.3, -0.25) is 29.2 Å². The first-order chi connectivity index (χ1) is 25.2. The molecular formula is C41H54Br2N4O8. The van der Waals surface area contributed by atoms with E-state index in [1.165, 1.54) is 28.4 Å². The summed E-state index contributed by atoms with van der Waals surface area (Å²) in [5.41, 5.74) is 14.7. The second kappa shape index (κ2) is 21.1. The number of allylic oxidation sites excluding steroid dienone is 4. The molecule has 4 heterocycles. The van der Waals surface area contributed by atoms with E-state index in [1.54, 1.807) is 0 Å². The first-order valence-corrected chi connectivity index (χ1v) is 17.9. The Balaban J connectivity index is 0.00000523. The number of aromatic nitrogens is 2. The minimum Gasteiger partial charge on any atom is -0.469 e. The summed E-state index contributed by atoms with van der Waals surface area (Å²) in [4.78, 5) is 65.9. The lowest BCUT2D eigenvalue weighted by molar-refractivity contribution is -0.141. The van der Waals surface area contributed by atoms with Crippen LogP contribution in [0.5, 0.6) is 0 Å². The van der Waals surface area contributed by atoms with Crippen LogP contribution in [-0.2, 0) is 51.0 Å². The number of halogens is 2. The van der Waals surface area contributed by atoms with E-state index in [4.69, 9.17) is 28.9 Å². The molecule has 0 aromatic carbocycles. The number of methoxy groups -OCH3 is 4. The molecule has 300 valence electrons. The number of nitrogens with zero attached hydrogens (tertiary/aromatic N) is 2. The maximum Gasteiger partial charge on any atom is 0.305 e. The summed E-state index contributed by atoms with van der Waals surface area (Å²) in [6.45, 7) is 12.0. The Hall–Kier alpha value is -4.30. The number of hydrogen-bond acceptors (Lipinski definition) is 10. The molecule has 2 N–H and O–H groups in total. The van der Waals surface area contributed by atoms with E-state index < -0.39 is 0 Å². The number of H-pyrrole nitrogens is 2. The summed E-state index contributed by atoms with van der Waals surface area (Å²) in [6, 6.07) is 0. The Morgan fingerprint density at radius 1 is 0.527 bits per heavy atom.